The molecule has 24 heteroatoms. The first-order valence-electron chi connectivity index (χ1n) is 30.7. The first kappa shape index (κ1) is 64.6. The Balaban J connectivity index is 0.749. The first-order valence-corrected chi connectivity index (χ1v) is 30.7. The van der Waals surface area contributed by atoms with Gasteiger partial charge in [0, 0.05) is 74.4 Å². The fourth-order valence-electron chi connectivity index (χ4n) is 12.0. The monoisotopic (exact) mass is 1280 g/mol. The number of pyridine rings is 1. The zero-order valence-corrected chi connectivity index (χ0v) is 52.5. The number of unbranched alkanes of at least 4 members (excludes halogenated alkanes) is 2. The van der Waals surface area contributed by atoms with Crippen LogP contribution in [0.1, 0.15) is 99.5 Å². The molecule has 5 aliphatic heterocycles. The van der Waals surface area contributed by atoms with Crippen LogP contribution < -0.4 is 44.5 Å². The maximum Gasteiger partial charge on any atom is 0.416 e. The van der Waals surface area contributed by atoms with Crippen molar-refractivity contribution in [3.8, 4) is 28.7 Å². The minimum Gasteiger partial charge on any atom is -0.497 e. The summed E-state index contributed by atoms with van der Waals surface area (Å²) in [6.45, 7) is 7.20. The SMILES string of the molecule is C=C(C)[C@H](NC(=O)CCCCCN1C(=O)C=CC1=O)C(=O)N[C@@H](C)C(=O)Nc1ccc(COC(=O)N2c3cc(OCc4cc(OC)cc(COc5cc6c(cc5OC)C(=O)N5Cc7ccccc7C[C@H]5C=N6)n4)c(OC)cc3C(=O)N3Cc4ccccc4CC3C2O)cc1. The Hall–Kier alpha value is -10.9. The van der Waals surface area contributed by atoms with Gasteiger partial charge in [-0.3, -0.25) is 48.4 Å². The molecule has 11 rings (SSSR count). The Morgan fingerprint density at radius 1 is 0.670 bits per heavy atom. The van der Waals surface area contributed by atoms with Crippen LogP contribution in [0.2, 0.25) is 0 Å². The number of nitrogens with zero attached hydrogens (tertiary/aromatic N) is 6. The lowest BCUT2D eigenvalue weighted by Gasteiger charge is -2.39. The fourth-order valence-corrected chi connectivity index (χ4v) is 12.0. The molecule has 5 aromatic carbocycles. The standard InChI is InChI=1S/C70H71N9O15/c1-40(2)64(75-61(80)18-8-7-13-25-76-62(81)23-24-63(76)82)66(84)72-41(3)65(83)74-47-21-19-42(20-22-47)37-94-70(88)79-55-33-60(58(91-6)31-53(55)68(86)78-36-46-17-12-10-15-44(46)27-56(78)69(79)87)93-39-49-29-51(89-4)28-48(73-49)38-92-59-32-54-52(30-57(59)90-5)67(85)77-35-45-16-11-9-14-43(45)26-50(77)34-71-54/h9-12,14-17,19-24,28-34,41,50,56,64,69,87H,1,7-8,13,18,25-27,35-39H2,2-6H3,(H,72,84)(H,74,83)(H,75,80)/t41-,50-,56?,64-,69?/m0/s1. The highest BCUT2D eigenvalue weighted by Gasteiger charge is 2.46. The van der Waals surface area contributed by atoms with Crippen molar-refractivity contribution < 1.29 is 71.9 Å². The molecule has 6 aromatic rings. The topological polar surface area (TPSA) is 286 Å². The van der Waals surface area contributed by atoms with Crippen LogP contribution in [0.3, 0.4) is 0 Å². The second-order valence-electron chi connectivity index (χ2n) is 23.4. The predicted octanol–water partition coefficient (Wildman–Crippen LogP) is 7.58. The number of imide groups is 1. The molecule has 0 aliphatic carbocycles. The van der Waals surface area contributed by atoms with E-state index in [-0.39, 0.29) is 92.3 Å². The van der Waals surface area contributed by atoms with Crippen molar-refractivity contribution in [3.05, 3.63) is 184 Å². The van der Waals surface area contributed by atoms with Crippen molar-refractivity contribution in [3.63, 3.8) is 0 Å². The number of aliphatic imine (C=N–C) groups is 1. The van der Waals surface area contributed by atoms with Crippen LogP contribution in [0, 0.1) is 0 Å². The molecule has 0 saturated carbocycles. The van der Waals surface area contributed by atoms with Crippen LogP contribution in [-0.4, -0.2) is 137 Å². The maximum atomic E-state index is 14.8. The number of methoxy groups -OCH3 is 3. The lowest BCUT2D eigenvalue weighted by atomic mass is 9.93. The van der Waals surface area contributed by atoms with Gasteiger partial charge in [-0.05, 0) is 97.2 Å². The number of benzene rings is 5. The van der Waals surface area contributed by atoms with E-state index in [4.69, 9.17) is 38.4 Å². The Morgan fingerprint density at radius 2 is 1.28 bits per heavy atom. The number of ether oxygens (including phenoxy) is 6. The van der Waals surface area contributed by atoms with Gasteiger partial charge in [-0.25, -0.2) is 9.69 Å². The molecule has 0 radical (unpaired) electrons. The summed E-state index contributed by atoms with van der Waals surface area (Å²) in [6, 6.07) is 28.3. The van der Waals surface area contributed by atoms with Crippen molar-refractivity contribution in [2.75, 3.05) is 38.1 Å². The lowest BCUT2D eigenvalue weighted by Crippen LogP contribution is -2.55. The molecular weight excluding hydrogens is 1210 g/mol. The van der Waals surface area contributed by atoms with Gasteiger partial charge < -0.3 is 59.3 Å². The highest BCUT2D eigenvalue weighted by molar-refractivity contribution is 6.13. The molecule has 0 spiro atoms. The quantitative estimate of drug-likeness (QED) is 0.0273. The first-order chi connectivity index (χ1) is 45.4. The molecule has 5 atom stereocenters. The number of fused-ring (bicyclic) bond motifs is 6. The lowest BCUT2D eigenvalue weighted by molar-refractivity contribution is -0.137. The van der Waals surface area contributed by atoms with Crippen molar-refractivity contribution in [1.29, 1.82) is 0 Å². The van der Waals surface area contributed by atoms with Crippen LogP contribution in [0.15, 0.2) is 138 Å². The van der Waals surface area contributed by atoms with Crippen LogP contribution in [0.5, 0.6) is 28.7 Å². The van der Waals surface area contributed by atoms with E-state index in [0.717, 1.165) is 26.5 Å². The Kier molecular flexibility index (Phi) is 19.5. The molecular formula is C70H71N9O15. The second-order valence-corrected chi connectivity index (χ2v) is 23.4. The number of carbonyl (C=O) groups excluding carboxylic acids is 8. The molecule has 0 saturated heterocycles. The molecule has 0 fully saturated rings. The molecule has 2 unspecified atom stereocenters. The summed E-state index contributed by atoms with van der Waals surface area (Å²) in [4.78, 5) is 122. The molecule has 5 aliphatic rings. The number of amides is 8. The number of nitrogens with one attached hydrogen (secondary N) is 3. The third kappa shape index (κ3) is 14.1. The fraction of sp³-hybridized carbons (Fsp3) is 0.314. The highest BCUT2D eigenvalue weighted by Crippen LogP contribution is 2.43. The van der Waals surface area contributed by atoms with E-state index in [0.29, 0.717) is 88.9 Å². The molecule has 4 N–H and O–H groups in total. The van der Waals surface area contributed by atoms with Crippen molar-refractivity contribution >= 4 is 70.7 Å². The van der Waals surface area contributed by atoms with E-state index in [1.807, 2.05) is 47.4 Å². The number of hydrogen-bond acceptors (Lipinski definition) is 17. The zero-order valence-electron chi connectivity index (χ0n) is 52.5. The van der Waals surface area contributed by atoms with Crippen LogP contribution in [0.25, 0.3) is 0 Å². The average Bonchev–Trinajstić information content (AvgIpc) is 1.58. The Bertz CT molecular complexity index is 4040. The summed E-state index contributed by atoms with van der Waals surface area (Å²) in [5, 5.41) is 20.5. The molecule has 6 heterocycles. The van der Waals surface area contributed by atoms with Gasteiger partial charge in [-0.1, -0.05) is 73.7 Å². The number of carbonyl (C=O) groups is 8. The maximum absolute atomic E-state index is 14.8. The van der Waals surface area contributed by atoms with Gasteiger partial charge in [0.05, 0.1) is 67.3 Å². The van der Waals surface area contributed by atoms with Gasteiger partial charge in [-0.15, -0.1) is 0 Å². The van der Waals surface area contributed by atoms with Crippen molar-refractivity contribution in [2.24, 2.45) is 4.99 Å². The number of rotatable bonds is 23. The number of hydrogen-bond donors (Lipinski definition) is 4. The minimum absolute atomic E-state index is 0.0136. The van der Waals surface area contributed by atoms with Gasteiger partial charge >= 0.3 is 6.09 Å². The summed E-state index contributed by atoms with van der Waals surface area (Å²) in [7, 11) is 4.41. The molecule has 0 bridgehead atoms. The van der Waals surface area contributed by atoms with Crippen LogP contribution in [-0.2, 0) is 74.5 Å². The Labute approximate surface area is 542 Å². The zero-order chi connectivity index (χ0) is 66.3. The summed E-state index contributed by atoms with van der Waals surface area (Å²) < 4.78 is 35.9. The summed E-state index contributed by atoms with van der Waals surface area (Å²) >= 11 is 0. The number of anilines is 2. The second kappa shape index (κ2) is 28.3. The van der Waals surface area contributed by atoms with Gasteiger partial charge in [0.2, 0.25) is 17.7 Å². The van der Waals surface area contributed by atoms with E-state index >= 15 is 0 Å². The number of aliphatic hydroxyl groups excluding tert-OH is 1. The molecule has 94 heavy (non-hydrogen) atoms. The molecule has 1 aromatic heterocycles. The predicted molar refractivity (Wildman–Crippen MR) is 344 cm³/mol. The van der Waals surface area contributed by atoms with Gasteiger partial charge in [-0.2, -0.15) is 0 Å². The van der Waals surface area contributed by atoms with Crippen LogP contribution >= 0.6 is 0 Å². The Morgan fingerprint density at radius 3 is 1.91 bits per heavy atom. The minimum atomic E-state index is -1.62. The molecule has 486 valence electrons. The van der Waals surface area contributed by atoms with Crippen molar-refractivity contribution in [2.45, 2.75) is 116 Å². The van der Waals surface area contributed by atoms with E-state index in [1.54, 1.807) is 61.7 Å². The molecule has 24 nitrogen and oxygen atoms in total. The van der Waals surface area contributed by atoms with Gasteiger partial charge in [0.1, 0.15) is 37.7 Å². The average molecular weight is 1280 g/mol. The van der Waals surface area contributed by atoms with Gasteiger partial charge in [0.25, 0.3) is 23.6 Å². The van der Waals surface area contributed by atoms with E-state index in [9.17, 15) is 43.5 Å². The van der Waals surface area contributed by atoms with E-state index in [1.165, 1.54) is 63.0 Å². The summed E-state index contributed by atoms with van der Waals surface area (Å²) in [5.41, 5.74) is 6.92. The van der Waals surface area contributed by atoms with Gasteiger partial charge in [0.15, 0.2) is 29.2 Å². The smallest absolute Gasteiger partial charge is 0.416 e. The highest BCUT2D eigenvalue weighted by atomic mass is 16.6. The third-order valence-electron chi connectivity index (χ3n) is 17.0. The number of aliphatic hydroxyl groups is 1. The van der Waals surface area contributed by atoms with E-state index < -0.39 is 54.1 Å². The normalized spacial score (nSPS) is 17.4. The summed E-state index contributed by atoms with van der Waals surface area (Å²) in [5.74, 6) is -1.67. The van der Waals surface area contributed by atoms with E-state index in [2.05, 4.69) is 28.6 Å². The van der Waals surface area contributed by atoms with Crippen molar-refractivity contribution in [1.82, 2.24) is 30.3 Å². The number of aromatic nitrogens is 1. The molecule has 8 amide bonds. The third-order valence-corrected chi connectivity index (χ3v) is 17.0. The summed E-state index contributed by atoms with van der Waals surface area (Å²) in [6.07, 6.45) is 4.10. The van der Waals surface area contributed by atoms with Crippen LogP contribution in [0.4, 0.5) is 21.9 Å². The largest absolute Gasteiger partial charge is 0.497 e.